The number of thiocarbonyl (C=S) groups is 1. The predicted octanol–water partition coefficient (Wildman–Crippen LogP) is 3.04. The summed E-state index contributed by atoms with van der Waals surface area (Å²) in [6.45, 7) is 8.59. The van der Waals surface area contributed by atoms with E-state index in [0.29, 0.717) is 6.54 Å². The van der Waals surface area contributed by atoms with Crippen molar-refractivity contribution in [2.24, 2.45) is 0 Å². The van der Waals surface area contributed by atoms with Gasteiger partial charge in [0.2, 0.25) is 0 Å². The first kappa shape index (κ1) is 15.5. The molecule has 0 aromatic heterocycles. The Kier molecular flexibility index (Phi) is 4.96. The Bertz CT molecular complexity index is 562. The van der Waals surface area contributed by atoms with Crippen molar-refractivity contribution in [3.05, 3.63) is 35.6 Å². The minimum absolute atomic E-state index is 0.171. The van der Waals surface area contributed by atoms with Crippen LogP contribution in [0.5, 0.6) is 0 Å². The van der Waals surface area contributed by atoms with Crippen LogP contribution >= 0.6 is 12.2 Å². The van der Waals surface area contributed by atoms with E-state index >= 15 is 0 Å². The molecule has 1 aromatic carbocycles. The second kappa shape index (κ2) is 6.72. The Hall–Kier alpha value is -1.88. The van der Waals surface area contributed by atoms with Crippen LogP contribution < -0.4 is 4.90 Å². The number of benzene rings is 1. The smallest absolute Gasteiger partial charge is 0.297 e. The SMILES string of the molecule is CCN1C(=O)C(=Cc2ccc(N(CC)CC)cc2)OC1=S. The Morgan fingerprint density at radius 3 is 2.29 bits per heavy atom. The highest BCUT2D eigenvalue weighted by Gasteiger charge is 2.31. The molecular formula is C16H20N2O2S. The zero-order chi connectivity index (χ0) is 15.4. The average Bonchev–Trinajstić information content (AvgIpc) is 2.76. The van der Waals surface area contributed by atoms with E-state index in [1.807, 2.05) is 19.1 Å². The van der Waals surface area contributed by atoms with Crippen LogP contribution in [0, 0.1) is 0 Å². The molecule has 0 radical (unpaired) electrons. The lowest BCUT2D eigenvalue weighted by atomic mass is 10.1. The summed E-state index contributed by atoms with van der Waals surface area (Å²) in [4.78, 5) is 15.8. The number of anilines is 1. The summed E-state index contributed by atoms with van der Waals surface area (Å²) in [6.07, 6.45) is 1.73. The molecule has 1 aromatic rings. The largest absolute Gasteiger partial charge is 0.426 e. The lowest BCUT2D eigenvalue weighted by Gasteiger charge is -2.20. The summed E-state index contributed by atoms with van der Waals surface area (Å²) < 4.78 is 5.36. The topological polar surface area (TPSA) is 32.8 Å². The fraction of sp³-hybridized carbons (Fsp3) is 0.375. The van der Waals surface area contributed by atoms with Crippen molar-refractivity contribution in [1.29, 1.82) is 0 Å². The van der Waals surface area contributed by atoms with Crippen molar-refractivity contribution < 1.29 is 9.53 Å². The molecule has 1 aliphatic rings. The predicted molar refractivity (Wildman–Crippen MR) is 89.1 cm³/mol. The summed E-state index contributed by atoms with van der Waals surface area (Å²) in [5, 5.41) is 0.230. The summed E-state index contributed by atoms with van der Waals surface area (Å²) in [6, 6.07) is 8.06. The highest BCUT2D eigenvalue weighted by atomic mass is 32.1. The van der Waals surface area contributed by atoms with Gasteiger partial charge in [-0.25, -0.2) is 0 Å². The Labute approximate surface area is 131 Å². The van der Waals surface area contributed by atoms with Crippen LogP contribution in [0.15, 0.2) is 30.0 Å². The Balaban J connectivity index is 2.19. The number of likely N-dealkylation sites (N-methyl/N-ethyl adjacent to an activating group) is 1. The van der Waals surface area contributed by atoms with Crippen LogP contribution in [0.25, 0.3) is 6.08 Å². The van der Waals surface area contributed by atoms with Gasteiger partial charge in [0.05, 0.1) is 0 Å². The number of ether oxygens (including phenoxy) is 1. The van der Waals surface area contributed by atoms with Gasteiger partial charge in [0.15, 0.2) is 5.76 Å². The maximum absolute atomic E-state index is 12.1. The second-order valence-electron chi connectivity index (χ2n) is 4.69. The Morgan fingerprint density at radius 1 is 1.19 bits per heavy atom. The lowest BCUT2D eigenvalue weighted by Crippen LogP contribution is -2.27. The van der Waals surface area contributed by atoms with Crippen molar-refractivity contribution >= 4 is 35.1 Å². The molecule has 1 heterocycles. The van der Waals surface area contributed by atoms with Crippen LogP contribution in [0.2, 0.25) is 0 Å². The summed E-state index contributed by atoms with van der Waals surface area (Å²) in [5.41, 5.74) is 2.10. The van der Waals surface area contributed by atoms with Gasteiger partial charge in [-0.3, -0.25) is 9.69 Å². The van der Waals surface area contributed by atoms with Crippen LogP contribution in [-0.2, 0) is 9.53 Å². The number of hydrogen-bond donors (Lipinski definition) is 0. The van der Waals surface area contributed by atoms with E-state index in [1.54, 1.807) is 6.08 Å². The minimum Gasteiger partial charge on any atom is -0.426 e. The number of carbonyl (C=O) groups excluding carboxylic acids is 1. The van der Waals surface area contributed by atoms with Gasteiger partial charge in [0.25, 0.3) is 11.1 Å². The van der Waals surface area contributed by atoms with Crippen molar-refractivity contribution in [2.75, 3.05) is 24.5 Å². The molecule has 1 saturated heterocycles. The number of nitrogens with zero attached hydrogens (tertiary/aromatic N) is 2. The third-order valence-electron chi connectivity index (χ3n) is 3.51. The van der Waals surface area contributed by atoms with Crippen LogP contribution in [0.1, 0.15) is 26.3 Å². The van der Waals surface area contributed by atoms with Gasteiger partial charge in [-0.05, 0) is 56.8 Å². The zero-order valence-electron chi connectivity index (χ0n) is 12.6. The third-order valence-corrected chi connectivity index (χ3v) is 3.81. The fourth-order valence-electron chi connectivity index (χ4n) is 2.29. The van der Waals surface area contributed by atoms with Crippen molar-refractivity contribution in [1.82, 2.24) is 4.90 Å². The van der Waals surface area contributed by atoms with E-state index in [1.165, 1.54) is 10.6 Å². The van der Waals surface area contributed by atoms with Gasteiger partial charge in [0.1, 0.15) is 0 Å². The van der Waals surface area contributed by atoms with Gasteiger partial charge in [-0.1, -0.05) is 12.1 Å². The van der Waals surface area contributed by atoms with E-state index < -0.39 is 0 Å². The molecule has 4 nitrogen and oxygen atoms in total. The molecule has 1 aliphatic heterocycles. The van der Waals surface area contributed by atoms with Gasteiger partial charge >= 0.3 is 0 Å². The third kappa shape index (κ3) is 3.24. The van der Waals surface area contributed by atoms with Crippen LogP contribution in [0.3, 0.4) is 0 Å². The molecular weight excluding hydrogens is 284 g/mol. The van der Waals surface area contributed by atoms with Gasteiger partial charge in [-0.15, -0.1) is 0 Å². The van der Waals surface area contributed by atoms with Gasteiger partial charge in [-0.2, -0.15) is 0 Å². The molecule has 0 saturated carbocycles. The average molecular weight is 304 g/mol. The van der Waals surface area contributed by atoms with Crippen molar-refractivity contribution in [3.8, 4) is 0 Å². The normalized spacial score (nSPS) is 16.5. The van der Waals surface area contributed by atoms with E-state index in [9.17, 15) is 4.79 Å². The summed E-state index contributed by atoms with van der Waals surface area (Å²) in [7, 11) is 0. The molecule has 1 amide bonds. The summed E-state index contributed by atoms with van der Waals surface area (Å²) in [5.74, 6) is 0.118. The maximum Gasteiger partial charge on any atom is 0.297 e. The van der Waals surface area contributed by atoms with Gasteiger partial charge < -0.3 is 9.64 Å². The van der Waals surface area contributed by atoms with E-state index in [-0.39, 0.29) is 16.8 Å². The maximum atomic E-state index is 12.1. The fourth-order valence-corrected chi connectivity index (χ4v) is 2.60. The highest BCUT2D eigenvalue weighted by Crippen LogP contribution is 2.21. The standard InChI is InChI=1S/C16H20N2O2S/c1-4-17(5-2)13-9-7-12(8-10-13)11-14-15(19)18(6-3)16(21)20-14/h7-11H,4-6H2,1-3H3. The minimum atomic E-state index is -0.171. The number of hydrogen-bond acceptors (Lipinski definition) is 4. The molecule has 0 aliphatic carbocycles. The number of rotatable bonds is 5. The molecule has 1 fully saturated rings. The van der Waals surface area contributed by atoms with Crippen molar-refractivity contribution in [3.63, 3.8) is 0 Å². The van der Waals surface area contributed by atoms with Crippen LogP contribution in [0.4, 0.5) is 5.69 Å². The van der Waals surface area contributed by atoms with Gasteiger partial charge in [0, 0.05) is 25.3 Å². The highest BCUT2D eigenvalue weighted by molar-refractivity contribution is 7.80. The Morgan fingerprint density at radius 2 is 1.81 bits per heavy atom. The van der Waals surface area contributed by atoms with E-state index in [0.717, 1.165) is 18.7 Å². The zero-order valence-corrected chi connectivity index (χ0v) is 13.4. The second-order valence-corrected chi connectivity index (χ2v) is 5.04. The molecule has 0 atom stereocenters. The molecule has 0 spiro atoms. The quantitative estimate of drug-likeness (QED) is 0.618. The van der Waals surface area contributed by atoms with Crippen molar-refractivity contribution in [2.45, 2.75) is 20.8 Å². The molecule has 2 rings (SSSR count). The molecule has 0 N–H and O–H groups in total. The number of carbonyl (C=O) groups is 1. The number of amides is 1. The molecule has 21 heavy (non-hydrogen) atoms. The molecule has 112 valence electrons. The molecule has 0 bridgehead atoms. The van der Waals surface area contributed by atoms with E-state index in [2.05, 4.69) is 30.9 Å². The first-order valence-corrected chi connectivity index (χ1v) is 7.61. The van der Waals surface area contributed by atoms with Crippen LogP contribution in [-0.4, -0.2) is 35.6 Å². The summed E-state index contributed by atoms with van der Waals surface area (Å²) >= 11 is 5.03. The lowest BCUT2D eigenvalue weighted by molar-refractivity contribution is -0.122. The molecule has 5 heteroatoms. The first-order chi connectivity index (χ1) is 10.1. The van der Waals surface area contributed by atoms with E-state index in [4.69, 9.17) is 17.0 Å². The first-order valence-electron chi connectivity index (χ1n) is 7.21. The molecule has 0 unspecified atom stereocenters. The monoisotopic (exact) mass is 304 g/mol.